The lowest BCUT2D eigenvalue weighted by Gasteiger charge is -2.24. The summed E-state index contributed by atoms with van der Waals surface area (Å²) in [5.74, 6) is -3.53. The van der Waals surface area contributed by atoms with E-state index in [4.69, 9.17) is 4.74 Å². The second-order valence-electron chi connectivity index (χ2n) is 7.05. The van der Waals surface area contributed by atoms with Crippen LogP contribution >= 0.6 is 0 Å². The Labute approximate surface area is 123 Å². The van der Waals surface area contributed by atoms with Crippen molar-refractivity contribution in [2.75, 3.05) is 0 Å². The van der Waals surface area contributed by atoms with Crippen LogP contribution in [0.25, 0.3) is 0 Å². The number of nitrogens with one attached hydrogen (secondary N) is 1. The van der Waals surface area contributed by atoms with Gasteiger partial charge in [0, 0.05) is 17.9 Å². The van der Waals surface area contributed by atoms with Crippen LogP contribution in [0.15, 0.2) is 0 Å². The zero-order valence-electron chi connectivity index (χ0n) is 11.8. The Bertz CT molecular complexity index is 522. The Balaban J connectivity index is 1.38. The first kappa shape index (κ1) is 14.3. The van der Waals surface area contributed by atoms with Crippen molar-refractivity contribution >= 4 is 10.0 Å². The molecule has 0 aromatic heterocycles. The van der Waals surface area contributed by atoms with Crippen molar-refractivity contribution in [1.29, 1.82) is 0 Å². The SMILES string of the molecule is O=S(=O)(NC1CCC2C(CC1)C2(F)F)C1CC2CCC1O2. The Kier molecular flexibility index (Phi) is 3.15. The van der Waals surface area contributed by atoms with Crippen molar-refractivity contribution in [3.63, 3.8) is 0 Å². The molecule has 21 heavy (non-hydrogen) atoms. The number of rotatable bonds is 3. The fourth-order valence-electron chi connectivity index (χ4n) is 4.51. The average Bonchev–Trinajstić information content (AvgIpc) is 2.76. The first-order chi connectivity index (χ1) is 9.88. The standard InChI is InChI=1S/C14H21F2NO3S/c15-14(16)10-4-1-8(2-5-11(10)14)17-21(18,19)13-7-9-3-6-12(13)20-9/h8-13,17H,1-7H2. The predicted molar refractivity (Wildman–Crippen MR) is 72.5 cm³/mol. The van der Waals surface area contributed by atoms with E-state index in [1.807, 2.05) is 0 Å². The number of ether oxygens (including phenoxy) is 1. The quantitative estimate of drug-likeness (QED) is 0.865. The maximum Gasteiger partial charge on any atom is 0.254 e. The number of alkyl halides is 2. The maximum absolute atomic E-state index is 13.3. The lowest BCUT2D eigenvalue weighted by Crippen LogP contribution is -2.44. The van der Waals surface area contributed by atoms with Gasteiger partial charge < -0.3 is 4.74 Å². The van der Waals surface area contributed by atoms with Crippen LogP contribution in [0.2, 0.25) is 0 Å². The summed E-state index contributed by atoms with van der Waals surface area (Å²) >= 11 is 0. The molecule has 2 bridgehead atoms. The molecule has 2 heterocycles. The third kappa shape index (κ3) is 2.32. The first-order valence-corrected chi connectivity index (χ1v) is 9.47. The van der Waals surface area contributed by atoms with E-state index in [-0.39, 0.29) is 18.2 Å². The predicted octanol–water partition coefficient (Wildman–Crippen LogP) is 2.05. The summed E-state index contributed by atoms with van der Waals surface area (Å²) in [7, 11) is -3.40. The molecule has 0 spiro atoms. The minimum absolute atomic E-state index is 0.0945. The molecule has 1 N–H and O–H groups in total. The van der Waals surface area contributed by atoms with Crippen LogP contribution in [-0.2, 0) is 14.8 Å². The molecule has 2 saturated heterocycles. The van der Waals surface area contributed by atoms with Crippen molar-refractivity contribution < 1.29 is 21.9 Å². The Hall–Kier alpha value is -0.270. The molecule has 2 aliphatic carbocycles. The molecule has 2 aliphatic heterocycles. The normalized spacial score (nSPS) is 47.9. The van der Waals surface area contributed by atoms with E-state index in [1.165, 1.54) is 0 Å². The molecular weight excluding hydrogens is 300 g/mol. The van der Waals surface area contributed by atoms with Crippen molar-refractivity contribution in [3.05, 3.63) is 0 Å². The number of halogens is 2. The highest BCUT2D eigenvalue weighted by atomic mass is 32.2. The van der Waals surface area contributed by atoms with Gasteiger partial charge in [-0.1, -0.05) is 0 Å². The third-order valence-electron chi connectivity index (χ3n) is 5.80. The summed E-state index contributed by atoms with van der Waals surface area (Å²) < 4.78 is 60.0. The highest BCUT2D eigenvalue weighted by Crippen LogP contribution is 2.61. The second-order valence-corrected chi connectivity index (χ2v) is 8.98. The van der Waals surface area contributed by atoms with Gasteiger partial charge in [-0.15, -0.1) is 0 Å². The van der Waals surface area contributed by atoms with Crippen LogP contribution in [0.5, 0.6) is 0 Å². The Morgan fingerprint density at radius 3 is 2.19 bits per heavy atom. The van der Waals surface area contributed by atoms with Crippen molar-refractivity contribution in [2.24, 2.45) is 11.8 Å². The van der Waals surface area contributed by atoms with E-state index in [2.05, 4.69) is 4.72 Å². The maximum atomic E-state index is 13.3. The molecule has 0 amide bonds. The van der Waals surface area contributed by atoms with Crippen LogP contribution in [0.1, 0.15) is 44.9 Å². The number of hydrogen-bond donors (Lipinski definition) is 1. The molecule has 4 aliphatic rings. The monoisotopic (exact) mass is 321 g/mol. The number of hydrogen-bond acceptors (Lipinski definition) is 3. The van der Waals surface area contributed by atoms with Crippen LogP contribution in [0.3, 0.4) is 0 Å². The van der Waals surface area contributed by atoms with Gasteiger partial charge in [0.25, 0.3) is 5.92 Å². The van der Waals surface area contributed by atoms with Crippen molar-refractivity contribution in [3.8, 4) is 0 Å². The van der Waals surface area contributed by atoms with E-state index in [0.29, 0.717) is 32.1 Å². The molecule has 5 unspecified atom stereocenters. The fourth-order valence-corrected chi connectivity index (χ4v) is 6.45. The van der Waals surface area contributed by atoms with E-state index in [0.717, 1.165) is 12.8 Å². The number of sulfonamides is 1. The smallest absolute Gasteiger partial charge is 0.254 e. The van der Waals surface area contributed by atoms with E-state index in [1.54, 1.807) is 0 Å². The fraction of sp³-hybridized carbons (Fsp3) is 1.00. The van der Waals surface area contributed by atoms with Gasteiger partial charge in [0.1, 0.15) is 5.25 Å². The molecule has 120 valence electrons. The molecule has 4 fully saturated rings. The van der Waals surface area contributed by atoms with E-state index >= 15 is 0 Å². The van der Waals surface area contributed by atoms with Gasteiger partial charge in [-0.3, -0.25) is 0 Å². The molecule has 4 nitrogen and oxygen atoms in total. The summed E-state index contributed by atoms with van der Waals surface area (Å²) in [5, 5.41) is -0.449. The van der Waals surface area contributed by atoms with Gasteiger partial charge in [0.05, 0.1) is 12.2 Å². The van der Waals surface area contributed by atoms with Gasteiger partial charge in [-0.05, 0) is 44.9 Å². The van der Waals surface area contributed by atoms with Crippen LogP contribution in [-0.4, -0.2) is 37.8 Å². The summed E-state index contributed by atoms with van der Waals surface area (Å²) in [4.78, 5) is 0. The van der Waals surface area contributed by atoms with E-state index in [9.17, 15) is 17.2 Å². The molecule has 4 rings (SSSR count). The summed E-state index contributed by atoms with van der Waals surface area (Å²) in [6, 6.07) is -0.183. The highest BCUT2D eigenvalue weighted by Gasteiger charge is 2.67. The van der Waals surface area contributed by atoms with Crippen molar-refractivity contribution in [1.82, 2.24) is 4.72 Å². The molecular formula is C14H21F2NO3S. The van der Waals surface area contributed by atoms with Crippen LogP contribution in [0.4, 0.5) is 8.78 Å². The lowest BCUT2D eigenvalue weighted by atomic mass is 10.0. The summed E-state index contributed by atoms with van der Waals surface area (Å²) in [6.45, 7) is 0. The first-order valence-electron chi connectivity index (χ1n) is 7.92. The molecule has 0 aromatic carbocycles. The number of fused-ring (bicyclic) bond motifs is 3. The van der Waals surface area contributed by atoms with Gasteiger partial charge in [-0.2, -0.15) is 0 Å². The Morgan fingerprint density at radius 1 is 1.00 bits per heavy atom. The van der Waals surface area contributed by atoms with Gasteiger partial charge in [-0.25, -0.2) is 21.9 Å². The van der Waals surface area contributed by atoms with Crippen LogP contribution < -0.4 is 4.72 Å². The van der Waals surface area contributed by atoms with Crippen LogP contribution in [0, 0.1) is 11.8 Å². The molecule has 0 aromatic rings. The molecule has 7 heteroatoms. The van der Waals surface area contributed by atoms with Gasteiger partial charge >= 0.3 is 0 Å². The zero-order chi connectivity index (χ0) is 14.8. The largest absolute Gasteiger partial charge is 0.374 e. The minimum Gasteiger partial charge on any atom is -0.374 e. The zero-order valence-corrected chi connectivity index (χ0v) is 12.6. The Morgan fingerprint density at radius 2 is 1.67 bits per heavy atom. The lowest BCUT2D eigenvalue weighted by molar-refractivity contribution is 0.0772. The summed E-state index contributed by atoms with van der Waals surface area (Å²) in [6.07, 6.45) is 4.19. The third-order valence-corrected chi connectivity index (χ3v) is 7.75. The van der Waals surface area contributed by atoms with E-state index < -0.39 is 33.0 Å². The summed E-state index contributed by atoms with van der Waals surface area (Å²) in [5.41, 5.74) is 0. The molecule has 5 atom stereocenters. The topological polar surface area (TPSA) is 55.4 Å². The molecule has 0 radical (unpaired) electrons. The average molecular weight is 321 g/mol. The van der Waals surface area contributed by atoms with Gasteiger partial charge in [0.15, 0.2) is 0 Å². The van der Waals surface area contributed by atoms with Gasteiger partial charge in [0.2, 0.25) is 10.0 Å². The minimum atomic E-state index is -3.40. The second kappa shape index (κ2) is 4.61. The van der Waals surface area contributed by atoms with Crippen molar-refractivity contribution in [2.45, 2.75) is 74.4 Å². The molecule has 2 saturated carbocycles. The highest BCUT2D eigenvalue weighted by molar-refractivity contribution is 7.90.